The van der Waals surface area contributed by atoms with Crippen molar-refractivity contribution in [1.29, 1.82) is 0 Å². The minimum atomic E-state index is -0.400. The second-order valence-electron chi connectivity index (χ2n) is 6.60. The second-order valence-corrected chi connectivity index (χ2v) is 7.47. The molecule has 0 unspecified atom stereocenters. The molecule has 0 radical (unpaired) electrons. The summed E-state index contributed by atoms with van der Waals surface area (Å²) in [6.07, 6.45) is 2.93. The van der Waals surface area contributed by atoms with Crippen LogP contribution in [0.4, 0.5) is 11.4 Å². The van der Waals surface area contributed by atoms with Crippen LogP contribution in [0.3, 0.4) is 0 Å². The number of hydrogen-bond acceptors (Lipinski definition) is 4. The first kappa shape index (κ1) is 23.2. The van der Waals surface area contributed by atoms with Gasteiger partial charge in [0.1, 0.15) is 11.5 Å². The van der Waals surface area contributed by atoms with E-state index in [2.05, 4.69) is 10.6 Å². The van der Waals surface area contributed by atoms with Crippen LogP contribution in [0, 0.1) is 0 Å². The summed E-state index contributed by atoms with van der Waals surface area (Å²) in [5, 5.41) is 6.47. The molecule has 0 aliphatic heterocycles. The number of carbonyl (C=O) groups excluding carboxylic acids is 2. The molecular weight excluding hydrogens is 451 g/mol. The summed E-state index contributed by atoms with van der Waals surface area (Å²) >= 11 is 12.0. The molecule has 0 aliphatic carbocycles. The fraction of sp³-hybridized carbons (Fsp3) is 0.0833. The van der Waals surface area contributed by atoms with Crippen molar-refractivity contribution in [3.8, 4) is 11.5 Å². The maximum Gasteiger partial charge on any atom is 0.255 e. The van der Waals surface area contributed by atoms with Gasteiger partial charge in [-0.05, 0) is 42.0 Å². The summed E-state index contributed by atoms with van der Waals surface area (Å²) in [6, 6.07) is 16.9. The summed E-state index contributed by atoms with van der Waals surface area (Å²) < 4.78 is 10.8. The van der Waals surface area contributed by atoms with Crippen molar-refractivity contribution >= 4 is 52.5 Å². The molecule has 2 N–H and O–H groups in total. The number of hydrogen-bond donors (Lipinski definition) is 2. The molecule has 0 atom stereocenters. The molecule has 32 heavy (non-hydrogen) atoms. The van der Waals surface area contributed by atoms with Gasteiger partial charge in [0.05, 0.1) is 25.6 Å². The van der Waals surface area contributed by atoms with Gasteiger partial charge in [0, 0.05) is 33.8 Å². The first-order chi connectivity index (χ1) is 15.4. The lowest BCUT2D eigenvalue weighted by atomic mass is 10.2. The van der Waals surface area contributed by atoms with Gasteiger partial charge in [-0.3, -0.25) is 9.59 Å². The van der Waals surface area contributed by atoms with Crippen LogP contribution in [0.15, 0.2) is 66.7 Å². The zero-order valence-electron chi connectivity index (χ0n) is 17.3. The Labute approximate surface area is 195 Å². The van der Waals surface area contributed by atoms with Gasteiger partial charge in [-0.15, -0.1) is 0 Å². The Morgan fingerprint density at radius 2 is 1.38 bits per heavy atom. The van der Waals surface area contributed by atoms with Crippen molar-refractivity contribution in [3.63, 3.8) is 0 Å². The molecule has 3 aromatic carbocycles. The van der Waals surface area contributed by atoms with Crippen LogP contribution in [-0.2, 0) is 4.79 Å². The van der Waals surface area contributed by atoms with E-state index in [-0.39, 0.29) is 5.91 Å². The number of carbonyl (C=O) groups is 2. The molecule has 0 saturated carbocycles. The molecule has 2 amide bonds. The lowest BCUT2D eigenvalue weighted by Gasteiger charge is -2.16. The zero-order chi connectivity index (χ0) is 23.1. The van der Waals surface area contributed by atoms with Gasteiger partial charge in [0.2, 0.25) is 5.91 Å². The lowest BCUT2D eigenvalue weighted by molar-refractivity contribution is -0.111. The standard InChI is InChI=1S/C24H20Cl2N2O4/c1-31-21-14-20(28-24(30)16-6-4-3-5-7-16)22(32-2)13-19(21)27-23(29)9-8-15-10-17(25)12-18(26)11-15/h3-14H,1-2H3,(H,27,29)(H,28,30)/b9-8+. The highest BCUT2D eigenvalue weighted by molar-refractivity contribution is 6.34. The second kappa shape index (κ2) is 10.7. The first-order valence-corrected chi connectivity index (χ1v) is 10.2. The Bertz CT molecular complexity index is 1140. The van der Waals surface area contributed by atoms with Gasteiger partial charge in [-0.25, -0.2) is 0 Å². The van der Waals surface area contributed by atoms with Crippen molar-refractivity contribution < 1.29 is 19.1 Å². The van der Waals surface area contributed by atoms with Gasteiger partial charge < -0.3 is 20.1 Å². The Hall–Kier alpha value is -3.48. The molecule has 8 heteroatoms. The van der Waals surface area contributed by atoms with Crippen LogP contribution in [0.2, 0.25) is 10.0 Å². The number of rotatable bonds is 7. The summed E-state index contributed by atoms with van der Waals surface area (Å²) in [6.45, 7) is 0. The van der Waals surface area contributed by atoms with E-state index in [0.717, 1.165) is 0 Å². The number of nitrogens with one attached hydrogen (secondary N) is 2. The topological polar surface area (TPSA) is 76.7 Å². The third-order valence-corrected chi connectivity index (χ3v) is 4.81. The lowest BCUT2D eigenvalue weighted by Crippen LogP contribution is -2.14. The number of amides is 2. The Morgan fingerprint density at radius 3 is 1.94 bits per heavy atom. The number of ether oxygens (including phenoxy) is 2. The predicted octanol–water partition coefficient (Wildman–Crippen LogP) is 5.91. The first-order valence-electron chi connectivity index (χ1n) is 9.47. The molecule has 0 aromatic heterocycles. The highest BCUT2D eigenvalue weighted by Crippen LogP contribution is 2.36. The Balaban J connectivity index is 1.80. The van der Waals surface area contributed by atoms with Crippen LogP contribution < -0.4 is 20.1 Å². The van der Waals surface area contributed by atoms with E-state index in [1.54, 1.807) is 60.7 Å². The van der Waals surface area contributed by atoms with Crippen LogP contribution in [0.1, 0.15) is 15.9 Å². The van der Waals surface area contributed by atoms with Gasteiger partial charge in [0.25, 0.3) is 5.91 Å². The average molecular weight is 471 g/mol. The maximum absolute atomic E-state index is 12.5. The van der Waals surface area contributed by atoms with Crippen molar-refractivity contribution in [3.05, 3.63) is 87.9 Å². The molecule has 164 valence electrons. The van der Waals surface area contributed by atoms with Crippen LogP contribution >= 0.6 is 23.2 Å². The fourth-order valence-corrected chi connectivity index (χ4v) is 3.44. The summed E-state index contributed by atoms with van der Waals surface area (Å²) in [5.74, 6) is 0.00562. The number of halogens is 2. The van der Waals surface area contributed by atoms with E-state index in [9.17, 15) is 9.59 Å². The molecule has 0 heterocycles. The quantitative estimate of drug-likeness (QED) is 0.420. The third kappa shape index (κ3) is 6.03. The molecule has 6 nitrogen and oxygen atoms in total. The average Bonchev–Trinajstić information content (AvgIpc) is 2.78. The van der Waals surface area contributed by atoms with E-state index >= 15 is 0 Å². The highest BCUT2D eigenvalue weighted by atomic mass is 35.5. The molecule has 0 fully saturated rings. The van der Waals surface area contributed by atoms with Crippen molar-refractivity contribution in [1.82, 2.24) is 0 Å². The minimum Gasteiger partial charge on any atom is -0.494 e. The van der Waals surface area contributed by atoms with Crippen molar-refractivity contribution in [2.24, 2.45) is 0 Å². The zero-order valence-corrected chi connectivity index (χ0v) is 18.8. The Kier molecular flexibility index (Phi) is 7.76. The van der Waals surface area contributed by atoms with Crippen LogP contribution in [-0.4, -0.2) is 26.0 Å². The van der Waals surface area contributed by atoms with Gasteiger partial charge in [-0.2, -0.15) is 0 Å². The molecule has 3 aromatic rings. The molecule has 0 spiro atoms. The molecular formula is C24H20Cl2N2O4. The van der Waals surface area contributed by atoms with E-state index in [4.69, 9.17) is 32.7 Å². The monoisotopic (exact) mass is 470 g/mol. The van der Waals surface area contributed by atoms with Gasteiger partial charge in [-0.1, -0.05) is 41.4 Å². The summed E-state index contributed by atoms with van der Waals surface area (Å²) in [7, 11) is 2.93. The van der Waals surface area contributed by atoms with Crippen LogP contribution in [0.5, 0.6) is 11.5 Å². The maximum atomic E-state index is 12.5. The summed E-state index contributed by atoms with van der Waals surface area (Å²) in [5.41, 5.74) is 1.96. The minimum absolute atomic E-state index is 0.300. The SMILES string of the molecule is COc1cc(NC(=O)c2ccccc2)c(OC)cc1NC(=O)/C=C/c1cc(Cl)cc(Cl)c1. The number of benzene rings is 3. The molecule has 0 saturated heterocycles. The molecule has 0 aliphatic rings. The fourth-order valence-electron chi connectivity index (χ4n) is 2.89. The third-order valence-electron chi connectivity index (χ3n) is 4.38. The van der Waals surface area contributed by atoms with Gasteiger partial charge >= 0.3 is 0 Å². The summed E-state index contributed by atoms with van der Waals surface area (Å²) in [4.78, 5) is 24.9. The van der Waals surface area contributed by atoms with E-state index in [1.807, 2.05) is 6.07 Å². The van der Waals surface area contributed by atoms with E-state index < -0.39 is 5.91 Å². The smallest absolute Gasteiger partial charge is 0.255 e. The molecule has 3 rings (SSSR count). The number of methoxy groups -OCH3 is 2. The normalized spacial score (nSPS) is 10.6. The number of anilines is 2. The van der Waals surface area contributed by atoms with E-state index in [1.165, 1.54) is 20.3 Å². The van der Waals surface area contributed by atoms with Crippen LogP contribution in [0.25, 0.3) is 6.08 Å². The highest BCUT2D eigenvalue weighted by Gasteiger charge is 2.15. The van der Waals surface area contributed by atoms with E-state index in [0.29, 0.717) is 44.0 Å². The van der Waals surface area contributed by atoms with Crippen molar-refractivity contribution in [2.75, 3.05) is 24.9 Å². The molecule has 0 bridgehead atoms. The largest absolute Gasteiger partial charge is 0.494 e. The Morgan fingerprint density at radius 1 is 0.812 bits per heavy atom. The van der Waals surface area contributed by atoms with Gasteiger partial charge in [0.15, 0.2) is 0 Å². The van der Waals surface area contributed by atoms with Crippen molar-refractivity contribution in [2.45, 2.75) is 0 Å². The predicted molar refractivity (Wildman–Crippen MR) is 128 cm³/mol.